The van der Waals surface area contributed by atoms with Gasteiger partial charge in [0, 0.05) is 31.9 Å². The maximum atomic E-state index is 5.48. The van der Waals surface area contributed by atoms with E-state index >= 15 is 0 Å². The van der Waals surface area contributed by atoms with Gasteiger partial charge in [-0.25, -0.2) is 20.8 Å². The van der Waals surface area contributed by atoms with E-state index in [-0.39, 0.29) is 0 Å². The highest BCUT2D eigenvalue weighted by atomic mass is 15.3. The zero-order chi connectivity index (χ0) is 14.1. The molecule has 3 heterocycles. The quantitative estimate of drug-likeness (QED) is 0.533. The van der Waals surface area contributed by atoms with Crippen molar-refractivity contribution in [3.05, 3.63) is 31.0 Å². The Bertz CT molecular complexity index is 742. The summed E-state index contributed by atoms with van der Waals surface area (Å²) in [6.07, 6.45) is 7.04. The number of rotatable bonds is 3. The Hall–Kier alpha value is -2.74. The first-order valence-electron chi connectivity index (χ1n) is 5.99. The molecule has 3 rings (SSSR count). The van der Waals surface area contributed by atoms with Crippen molar-refractivity contribution in [1.29, 1.82) is 0 Å². The van der Waals surface area contributed by atoms with E-state index in [4.69, 9.17) is 5.84 Å². The summed E-state index contributed by atoms with van der Waals surface area (Å²) in [5.41, 5.74) is 5.02. The Balaban J connectivity index is 2.15. The van der Waals surface area contributed by atoms with Crippen LogP contribution in [0.4, 0.5) is 5.82 Å². The van der Waals surface area contributed by atoms with Crippen molar-refractivity contribution in [2.45, 2.75) is 0 Å². The van der Waals surface area contributed by atoms with Crippen LogP contribution in [0.2, 0.25) is 0 Å². The molecule has 0 atom stereocenters. The molecule has 20 heavy (non-hydrogen) atoms. The lowest BCUT2D eigenvalue weighted by atomic mass is 10.2. The first kappa shape index (κ1) is 12.3. The molecule has 0 aliphatic carbocycles. The normalized spacial score (nSPS) is 10.8. The molecule has 0 unspecified atom stereocenters. The predicted molar refractivity (Wildman–Crippen MR) is 74.2 cm³/mol. The van der Waals surface area contributed by atoms with Crippen LogP contribution in [0.15, 0.2) is 31.0 Å². The van der Waals surface area contributed by atoms with Crippen molar-refractivity contribution in [3.63, 3.8) is 0 Å². The molecule has 3 aromatic heterocycles. The second kappa shape index (κ2) is 4.74. The standard InChI is InChI=1S/C12H14N8/c1-19-7-14-5-10(19)12-16-9(3-11(17-12)18-13)8-4-15-20(2)6-8/h3-7H,13H2,1-2H3,(H,16,17,18). The summed E-state index contributed by atoms with van der Waals surface area (Å²) in [5.74, 6) is 6.57. The summed E-state index contributed by atoms with van der Waals surface area (Å²) >= 11 is 0. The Kier molecular flexibility index (Phi) is 2.92. The predicted octanol–water partition coefficient (Wildman–Crippen LogP) is 0.563. The SMILES string of the molecule is Cn1cc(-c2cc(NN)nc(-c3cncn3C)n2)cn1. The van der Waals surface area contributed by atoms with Crippen LogP contribution in [0.3, 0.4) is 0 Å². The Morgan fingerprint density at radius 2 is 2.05 bits per heavy atom. The number of nitrogens with two attached hydrogens (primary N) is 1. The fourth-order valence-electron chi connectivity index (χ4n) is 1.91. The minimum Gasteiger partial charge on any atom is -0.331 e. The second-order valence-electron chi connectivity index (χ2n) is 4.40. The molecule has 0 amide bonds. The van der Waals surface area contributed by atoms with Crippen LogP contribution in [0, 0.1) is 0 Å². The Morgan fingerprint density at radius 3 is 2.65 bits per heavy atom. The van der Waals surface area contributed by atoms with Crippen molar-refractivity contribution in [2.24, 2.45) is 19.9 Å². The van der Waals surface area contributed by atoms with Gasteiger partial charge in [-0.1, -0.05) is 0 Å². The third-order valence-corrected chi connectivity index (χ3v) is 2.92. The number of hydrogen-bond donors (Lipinski definition) is 2. The molecule has 0 aliphatic rings. The highest BCUT2D eigenvalue weighted by molar-refractivity contribution is 5.65. The van der Waals surface area contributed by atoms with Gasteiger partial charge in [0.1, 0.15) is 11.5 Å². The molecule has 0 spiro atoms. The minimum absolute atomic E-state index is 0.537. The van der Waals surface area contributed by atoms with Crippen molar-refractivity contribution >= 4 is 5.82 Å². The summed E-state index contributed by atoms with van der Waals surface area (Å²) < 4.78 is 3.57. The number of aryl methyl sites for hydroxylation is 2. The van der Waals surface area contributed by atoms with E-state index in [1.165, 1.54) is 0 Å². The molecular weight excluding hydrogens is 256 g/mol. The van der Waals surface area contributed by atoms with Crippen LogP contribution in [0.1, 0.15) is 0 Å². The van der Waals surface area contributed by atoms with Gasteiger partial charge in [0.25, 0.3) is 0 Å². The van der Waals surface area contributed by atoms with Crippen molar-refractivity contribution in [3.8, 4) is 22.8 Å². The largest absolute Gasteiger partial charge is 0.331 e. The van der Waals surface area contributed by atoms with Crippen LogP contribution in [-0.2, 0) is 14.1 Å². The third kappa shape index (κ3) is 2.12. The summed E-state index contributed by atoms with van der Waals surface area (Å²) in [6.45, 7) is 0. The van der Waals surface area contributed by atoms with E-state index in [9.17, 15) is 0 Å². The molecule has 0 bridgehead atoms. The summed E-state index contributed by atoms with van der Waals surface area (Å²) in [4.78, 5) is 13.0. The van der Waals surface area contributed by atoms with Gasteiger partial charge in [-0.2, -0.15) is 5.10 Å². The molecule has 8 nitrogen and oxygen atoms in total. The fourth-order valence-corrected chi connectivity index (χ4v) is 1.91. The van der Waals surface area contributed by atoms with E-state index < -0.39 is 0 Å². The van der Waals surface area contributed by atoms with E-state index in [0.29, 0.717) is 11.6 Å². The molecule has 0 radical (unpaired) electrons. The monoisotopic (exact) mass is 270 g/mol. The molecule has 3 aromatic rings. The molecule has 8 heteroatoms. The summed E-state index contributed by atoms with van der Waals surface area (Å²) in [5, 5.41) is 4.15. The number of imidazole rings is 1. The molecule has 0 aliphatic heterocycles. The van der Waals surface area contributed by atoms with Crippen LogP contribution in [-0.4, -0.2) is 29.3 Å². The third-order valence-electron chi connectivity index (χ3n) is 2.92. The lowest BCUT2D eigenvalue weighted by molar-refractivity contribution is 0.768. The number of hydrazine groups is 1. The second-order valence-corrected chi connectivity index (χ2v) is 4.40. The molecule has 0 aromatic carbocycles. The molecule has 102 valence electrons. The summed E-state index contributed by atoms with van der Waals surface area (Å²) in [6, 6.07) is 1.77. The lowest BCUT2D eigenvalue weighted by Gasteiger charge is -2.07. The molecule has 0 fully saturated rings. The van der Waals surface area contributed by atoms with Gasteiger partial charge in [0.2, 0.25) is 0 Å². The van der Waals surface area contributed by atoms with Crippen molar-refractivity contribution in [1.82, 2.24) is 29.3 Å². The van der Waals surface area contributed by atoms with Crippen molar-refractivity contribution in [2.75, 3.05) is 5.43 Å². The van der Waals surface area contributed by atoms with Gasteiger partial charge in [0.05, 0.1) is 24.4 Å². The smallest absolute Gasteiger partial charge is 0.180 e. The molecule has 3 N–H and O–H groups in total. The first-order chi connectivity index (χ1) is 9.67. The van der Waals surface area contributed by atoms with Gasteiger partial charge in [-0.05, 0) is 0 Å². The molecule has 0 saturated carbocycles. The Morgan fingerprint density at radius 1 is 1.20 bits per heavy atom. The van der Waals surface area contributed by atoms with E-state index in [2.05, 4.69) is 25.5 Å². The maximum Gasteiger partial charge on any atom is 0.180 e. The Labute approximate surface area is 115 Å². The maximum absolute atomic E-state index is 5.48. The van der Waals surface area contributed by atoms with Crippen LogP contribution < -0.4 is 11.3 Å². The van der Waals surface area contributed by atoms with E-state index in [1.807, 2.05) is 24.9 Å². The van der Waals surface area contributed by atoms with Gasteiger partial charge in [-0.3, -0.25) is 4.68 Å². The molecule has 0 saturated heterocycles. The minimum atomic E-state index is 0.537. The topological polar surface area (TPSA) is 99.5 Å². The first-order valence-corrected chi connectivity index (χ1v) is 5.99. The molecular formula is C12H14N8. The zero-order valence-corrected chi connectivity index (χ0v) is 11.1. The van der Waals surface area contributed by atoms with Gasteiger partial charge in [-0.15, -0.1) is 0 Å². The van der Waals surface area contributed by atoms with Crippen molar-refractivity contribution < 1.29 is 0 Å². The average molecular weight is 270 g/mol. The van der Waals surface area contributed by atoms with Gasteiger partial charge >= 0.3 is 0 Å². The van der Waals surface area contributed by atoms with Crippen LogP contribution >= 0.6 is 0 Å². The highest BCUT2D eigenvalue weighted by Crippen LogP contribution is 2.23. The number of nitrogen functional groups attached to an aromatic ring is 1. The van der Waals surface area contributed by atoms with E-state index in [0.717, 1.165) is 17.0 Å². The highest BCUT2D eigenvalue weighted by Gasteiger charge is 2.11. The zero-order valence-electron chi connectivity index (χ0n) is 11.1. The number of anilines is 1. The lowest BCUT2D eigenvalue weighted by Crippen LogP contribution is -2.10. The van der Waals surface area contributed by atoms with Gasteiger partial charge < -0.3 is 9.99 Å². The fraction of sp³-hybridized carbons (Fsp3) is 0.167. The number of aromatic nitrogens is 6. The van der Waals surface area contributed by atoms with Gasteiger partial charge in [0.15, 0.2) is 5.82 Å². The number of hydrogen-bond acceptors (Lipinski definition) is 6. The number of nitrogens with one attached hydrogen (secondary N) is 1. The van der Waals surface area contributed by atoms with E-state index in [1.54, 1.807) is 29.5 Å². The number of nitrogens with zero attached hydrogens (tertiary/aromatic N) is 6. The summed E-state index contributed by atoms with van der Waals surface area (Å²) in [7, 11) is 3.74. The van der Waals surface area contributed by atoms with Crippen LogP contribution in [0.5, 0.6) is 0 Å². The van der Waals surface area contributed by atoms with Crippen LogP contribution in [0.25, 0.3) is 22.8 Å². The average Bonchev–Trinajstić information content (AvgIpc) is 3.07.